The van der Waals surface area contributed by atoms with Crippen molar-refractivity contribution >= 4 is 23.4 Å². The van der Waals surface area contributed by atoms with Crippen molar-refractivity contribution in [2.24, 2.45) is 5.41 Å². The Bertz CT molecular complexity index is 1250. The van der Waals surface area contributed by atoms with E-state index in [1.807, 2.05) is 26.8 Å². The summed E-state index contributed by atoms with van der Waals surface area (Å²) in [4.78, 5) is 52.7. The molecule has 3 rings (SSSR count). The van der Waals surface area contributed by atoms with E-state index < -0.39 is 16.9 Å². The van der Waals surface area contributed by atoms with Gasteiger partial charge < -0.3 is 16.0 Å². The van der Waals surface area contributed by atoms with Crippen LogP contribution >= 0.6 is 0 Å². The first-order valence-corrected chi connectivity index (χ1v) is 11.1. The first kappa shape index (κ1) is 25.3. The highest BCUT2D eigenvalue weighted by Gasteiger charge is 2.21. The van der Waals surface area contributed by atoms with Gasteiger partial charge in [-0.1, -0.05) is 20.8 Å². The van der Waals surface area contributed by atoms with E-state index in [0.717, 1.165) is 10.2 Å². The number of carbonyl (C=O) groups is 3. The largest absolute Gasteiger partial charge is 0.353 e. The quantitative estimate of drug-likeness (QED) is 0.425. The van der Waals surface area contributed by atoms with Gasteiger partial charge in [-0.2, -0.15) is 5.10 Å². The Balaban J connectivity index is 1.45. The summed E-state index contributed by atoms with van der Waals surface area (Å²) in [5.74, 6) is -0.835. The topological polar surface area (TPSA) is 135 Å². The lowest BCUT2D eigenvalue weighted by Crippen LogP contribution is -2.38. The Morgan fingerprint density at radius 1 is 0.943 bits per heavy atom. The third kappa shape index (κ3) is 7.32. The van der Waals surface area contributed by atoms with Crippen molar-refractivity contribution in [1.29, 1.82) is 0 Å². The number of nitrogens with zero attached hydrogens (tertiary/aromatic N) is 3. The third-order valence-electron chi connectivity index (χ3n) is 4.94. The molecule has 1 aromatic carbocycles. The molecule has 0 fully saturated rings. The zero-order valence-electron chi connectivity index (χ0n) is 19.9. The van der Waals surface area contributed by atoms with Gasteiger partial charge in [-0.05, 0) is 42.5 Å². The molecule has 0 aliphatic heterocycles. The summed E-state index contributed by atoms with van der Waals surface area (Å²) in [6.07, 6.45) is 3.25. The van der Waals surface area contributed by atoms with E-state index >= 15 is 0 Å². The van der Waals surface area contributed by atoms with Gasteiger partial charge in [0.2, 0.25) is 11.8 Å². The van der Waals surface area contributed by atoms with Crippen LogP contribution in [0.3, 0.4) is 0 Å². The van der Waals surface area contributed by atoms with Crippen LogP contribution in [-0.4, -0.2) is 45.6 Å². The predicted molar refractivity (Wildman–Crippen MR) is 132 cm³/mol. The van der Waals surface area contributed by atoms with Crippen molar-refractivity contribution in [2.45, 2.75) is 27.3 Å². The summed E-state index contributed by atoms with van der Waals surface area (Å²) < 4.78 is 1.08. The molecule has 2 aromatic heterocycles. The minimum atomic E-state index is -0.521. The molecular weight excluding hydrogens is 448 g/mol. The zero-order chi connectivity index (χ0) is 25.4. The van der Waals surface area contributed by atoms with Gasteiger partial charge in [0.05, 0.1) is 5.69 Å². The Morgan fingerprint density at radius 2 is 1.66 bits per heavy atom. The Kier molecular flexibility index (Phi) is 8.08. The average molecular weight is 477 g/mol. The standard InChI is InChI=1S/C25H28N6O4/c1-25(2,3)24(35)29-19-8-6-17(7-9-19)23(34)28-14-13-27-21(32)16-31-22(33)11-10-20(30-31)18-5-4-12-26-15-18/h4-12,15H,13-14,16H2,1-3H3,(H,27,32)(H,28,34)(H,29,35). The number of aromatic nitrogens is 3. The lowest BCUT2D eigenvalue weighted by molar-refractivity contribution is -0.123. The smallest absolute Gasteiger partial charge is 0.267 e. The molecule has 3 N–H and O–H groups in total. The molecule has 0 saturated heterocycles. The van der Waals surface area contributed by atoms with Gasteiger partial charge in [0.25, 0.3) is 11.5 Å². The van der Waals surface area contributed by atoms with Crippen molar-refractivity contribution in [2.75, 3.05) is 18.4 Å². The molecular formula is C25H28N6O4. The van der Waals surface area contributed by atoms with Crippen LogP contribution in [0.5, 0.6) is 0 Å². The molecule has 0 unspecified atom stereocenters. The molecule has 3 amide bonds. The monoisotopic (exact) mass is 476 g/mol. The fourth-order valence-corrected chi connectivity index (χ4v) is 2.93. The molecule has 2 heterocycles. The normalized spacial score (nSPS) is 10.9. The van der Waals surface area contributed by atoms with Gasteiger partial charge in [0, 0.05) is 53.8 Å². The van der Waals surface area contributed by atoms with Crippen LogP contribution in [0.2, 0.25) is 0 Å². The van der Waals surface area contributed by atoms with E-state index in [0.29, 0.717) is 16.9 Å². The van der Waals surface area contributed by atoms with Crippen LogP contribution < -0.4 is 21.5 Å². The van der Waals surface area contributed by atoms with E-state index in [-0.39, 0.29) is 31.4 Å². The van der Waals surface area contributed by atoms with Gasteiger partial charge in [-0.15, -0.1) is 0 Å². The number of pyridine rings is 1. The summed E-state index contributed by atoms with van der Waals surface area (Å²) in [5, 5.41) is 12.4. The lowest BCUT2D eigenvalue weighted by atomic mass is 9.95. The summed E-state index contributed by atoms with van der Waals surface area (Å²) >= 11 is 0. The van der Waals surface area contributed by atoms with Crippen LogP contribution in [0.1, 0.15) is 31.1 Å². The Morgan fingerprint density at radius 3 is 2.31 bits per heavy atom. The highest BCUT2D eigenvalue weighted by atomic mass is 16.2. The molecule has 0 aliphatic rings. The number of nitrogens with one attached hydrogen (secondary N) is 3. The zero-order valence-corrected chi connectivity index (χ0v) is 19.9. The van der Waals surface area contributed by atoms with E-state index in [1.54, 1.807) is 48.8 Å². The minimum Gasteiger partial charge on any atom is -0.353 e. The second-order valence-electron chi connectivity index (χ2n) is 8.84. The number of rotatable bonds is 8. The molecule has 0 saturated carbocycles. The molecule has 182 valence electrons. The number of benzene rings is 1. The maximum Gasteiger partial charge on any atom is 0.267 e. The van der Waals surface area contributed by atoms with Crippen LogP contribution in [-0.2, 0) is 16.1 Å². The molecule has 0 bridgehead atoms. The third-order valence-corrected chi connectivity index (χ3v) is 4.94. The van der Waals surface area contributed by atoms with Gasteiger partial charge in [0.1, 0.15) is 6.54 Å². The van der Waals surface area contributed by atoms with Crippen molar-refractivity contribution < 1.29 is 14.4 Å². The fraction of sp³-hybridized carbons (Fsp3) is 0.280. The van der Waals surface area contributed by atoms with E-state index in [1.165, 1.54) is 6.07 Å². The molecule has 3 aromatic rings. The van der Waals surface area contributed by atoms with Crippen LogP contribution in [0.15, 0.2) is 65.7 Å². The summed E-state index contributed by atoms with van der Waals surface area (Å²) in [6.45, 7) is 5.58. The highest BCUT2D eigenvalue weighted by Crippen LogP contribution is 2.17. The Labute approximate surface area is 202 Å². The molecule has 35 heavy (non-hydrogen) atoms. The maximum atomic E-state index is 12.3. The number of amides is 3. The van der Waals surface area contributed by atoms with Crippen molar-refractivity contribution in [3.8, 4) is 11.3 Å². The molecule has 10 nitrogen and oxygen atoms in total. The first-order chi connectivity index (χ1) is 16.6. The first-order valence-electron chi connectivity index (χ1n) is 11.1. The molecule has 0 radical (unpaired) electrons. The summed E-state index contributed by atoms with van der Waals surface area (Å²) in [5.41, 5.74) is 1.36. The molecule has 10 heteroatoms. The van der Waals surface area contributed by atoms with Gasteiger partial charge in [-0.3, -0.25) is 24.2 Å². The van der Waals surface area contributed by atoms with Gasteiger partial charge in [-0.25, -0.2) is 4.68 Å². The number of carbonyl (C=O) groups excluding carboxylic acids is 3. The summed E-state index contributed by atoms with van der Waals surface area (Å²) in [6, 6.07) is 13.0. The van der Waals surface area contributed by atoms with Crippen molar-refractivity contribution in [3.63, 3.8) is 0 Å². The number of hydrogen-bond acceptors (Lipinski definition) is 6. The van der Waals surface area contributed by atoms with Gasteiger partial charge in [0.15, 0.2) is 0 Å². The number of anilines is 1. The van der Waals surface area contributed by atoms with E-state index in [4.69, 9.17) is 0 Å². The summed E-state index contributed by atoms with van der Waals surface area (Å²) in [7, 11) is 0. The van der Waals surface area contributed by atoms with E-state index in [9.17, 15) is 19.2 Å². The van der Waals surface area contributed by atoms with Crippen LogP contribution in [0, 0.1) is 5.41 Å². The minimum absolute atomic E-state index is 0.119. The lowest BCUT2D eigenvalue weighted by Gasteiger charge is -2.17. The highest BCUT2D eigenvalue weighted by molar-refractivity contribution is 5.97. The number of hydrogen-bond donors (Lipinski definition) is 3. The molecule has 0 spiro atoms. The molecule has 0 atom stereocenters. The second kappa shape index (κ2) is 11.2. The Hall–Kier alpha value is -4.34. The van der Waals surface area contributed by atoms with Gasteiger partial charge >= 0.3 is 0 Å². The van der Waals surface area contributed by atoms with Crippen LogP contribution in [0.4, 0.5) is 5.69 Å². The average Bonchev–Trinajstić information content (AvgIpc) is 2.83. The van der Waals surface area contributed by atoms with Crippen molar-refractivity contribution in [3.05, 3.63) is 76.8 Å². The van der Waals surface area contributed by atoms with E-state index in [2.05, 4.69) is 26.0 Å². The van der Waals surface area contributed by atoms with Crippen LogP contribution in [0.25, 0.3) is 11.3 Å². The SMILES string of the molecule is CC(C)(C)C(=O)Nc1ccc(C(=O)NCCNC(=O)Cn2nc(-c3cccnc3)ccc2=O)cc1. The predicted octanol–water partition coefficient (Wildman–Crippen LogP) is 1.84. The fourth-order valence-electron chi connectivity index (χ4n) is 2.93. The molecule has 0 aliphatic carbocycles. The van der Waals surface area contributed by atoms with Crippen molar-refractivity contribution in [1.82, 2.24) is 25.4 Å². The second-order valence-corrected chi connectivity index (χ2v) is 8.84. The maximum absolute atomic E-state index is 12.3.